The Balaban J connectivity index is 1.45. The lowest BCUT2D eigenvalue weighted by atomic mass is 9.95. The van der Waals surface area contributed by atoms with Gasteiger partial charge in [-0.05, 0) is 42.5 Å². The highest BCUT2D eigenvalue weighted by Crippen LogP contribution is 2.22. The molecular formula is C29H37N3O5. The van der Waals surface area contributed by atoms with Crippen LogP contribution in [0.15, 0.2) is 54.6 Å². The van der Waals surface area contributed by atoms with E-state index in [9.17, 15) is 14.4 Å². The van der Waals surface area contributed by atoms with Crippen LogP contribution in [0.3, 0.4) is 0 Å². The first-order valence-electron chi connectivity index (χ1n) is 13.0. The predicted octanol–water partition coefficient (Wildman–Crippen LogP) is 2.75. The number of likely N-dealkylation sites (tertiary alicyclic amines) is 1. The third kappa shape index (κ3) is 7.32. The van der Waals surface area contributed by atoms with E-state index in [0.29, 0.717) is 52.2 Å². The largest absolute Gasteiger partial charge is 0.497 e. The summed E-state index contributed by atoms with van der Waals surface area (Å²) in [6, 6.07) is 17.8. The molecule has 2 aromatic carbocycles. The summed E-state index contributed by atoms with van der Waals surface area (Å²) in [5.74, 6) is 0.541. The van der Waals surface area contributed by atoms with Crippen molar-refractivity contribution in [1.82, 2.24) is 14.7 Å². The molecule has 8 nitrogen and oxygen atoms in total. The lowest BCUT2D eigenvalue weighted by molar-refractivity contribution is -0.143. The van der Waals surface area contributed by atoms with E-state index in [2.05, 4.69) is 12.1 Å². The highest BCUT2D eigenvalue weighted by atomic mass is 16.5. The molecule has 0 radical (unpaired) electrons. The maximum atomic E-state index is 13.5. The van der Waals surface area contributed by atoms with Crippen LogP contribution < -0.4 is 4.74 Å². The summed E-state index contributed by atoms with van der Waals surface area (Å²) in [6.45, 7) is 4.50. The number of methoxy groups -OCH3 is 1. The molecule has 8 heteroatoms. The summed E-state index contributed by atoms with van der Waals surface area (Å²) in [5.41, 5.74) is 2.14. The fraction of sp³-hybridized carbons (Fsp3) is 0.483. The normalized spacial score (nSPS) is 19.0. The second-order valence-corrected chi connectivity index (χ2v) is 9.86. The molecular weight excluding hydrogens is 470 g/mol. The van der Waals surface area contributed by atoms with Crippen LogP contribution in [-0.2, 0) is 32.1 Å². The molecule has 2 aromatic rings. The second kappa shape index (κ2) is 12.7. The van der Waals surface area contributed by atoms with Crippen LogP contribution in [-0.4, -0.2) is 84.9 Å². The minimum Gasteiger partial charge on any atom is -0.497 e. The first-order chi connectivity index (χ1) is 17.9. The van der Waals surface area contributed by atoms with Crippen LogP contribution in [0.25, 0.3) is 0 Å². The molecule has 0 bridgehead atoms. The van der Waals surface area contributed by atoms with Gasteiger partial charge < -0.3 is 24.2 Å². The molecule has 3 amide bonds. The minimum absolute atomic E-state index is 0.0172. The fourth-order valence-corrected chi connectivity index (χ4v) is 5.05. The number of hydrogen-bond donors (Lipinski definition) is 0. The number of amides is 3. The van der Waals surface area contributed by atoms with Crippen molar-refractivity contribution >= 4 is 17.7 Å². The fourth-order valence-electron chi connectivity index (χ4n) is 5.05. The van der Waals surface area contributed by atoms with Gasteiger partial charge in [-0.2, -0.15) is 0 Å². The topological polar surface area (TPSA) is 79.4 Å². The lowest BCUT2D eigenvalue weighted by Gasteiger charge is -2.33. The van der Waals surface area contributed by atoms with E-state index < -0.39 is 0 Å². The van der Waals surface area contributed by atoms with E-state index >= 15 is 0 Å². The van der Waals surface area contributed by atoms with Gasteiger partial charge in [0, 0.05) is 45.6 Å². The monoisotopic (exact) mass is 507 g/mol. The summed E-state index contributed by atoms with van der Waals surface area (Å²) in [6.07, 6.45) is 1.67. The van der Waals surface area contributed by atoms with Crippen molar-refractivity contribution in [2.75, 3.05) is 46.4 Å². The van der Waals surface area contributed by atoms with Crippen LogP contribution >= 0.6 is 0 Å². The second-order valence-electron chi connectivity index (χ2n) is 9.86. The molecule has 2 aliphatic heterocycles. The molecule has 2 aliphatic rings. The Hall–Kier alpha value is -3.39. The number of carbonyl (C=O) groups excluding carboxylic acids is 3. The Kier molecular flexibility index (Phi) is 9.17. The Morgan fingerprint density at radius 2 is 1.68 bits per heavy atom. The molecule has 2 heterocycles. The van der Waals surface area contributed by atoms with E-state index in [1.54, 1.807) is 23.8 Å². The number of carbonyl (C=O) groups is 3. The van der Waals surface area contributed by atoms with Crippen molar-refractivity contribution in [3.8, 4) is 5.75 Å². The van der Waals surface area contributed by atoms with Crippen molar-refractivity contribution in [2.24, 2.45) is 5.92 Å². The maximum absolute atomic E-state index is 13.5. The van der Waals surface area contributed by atoms with Gasteiger partial charge in [0.25, 0.3) is 0 Å². The number of benzene rings is 2. The molecule has 0 aliphatic carbocycles. The minimum atomic E-state index is -0.310. The van der Waals surface area contributed by atoms with E-state index in [0.717, 1.165) is 17.7 Å². The summed E-state index contributed by atoms with van der Waals surface area (Å²) in [7, 11) is 1.63. The third-order valence-corrected chi connectivity index (χ3v) is 7.26. The number of ether oxygens (including phenoxy) is 2. The zero-order chi connectivity index (χ0) is 26.2. The lowest BCUT2D eigenvalue weighted by Crippen LogP contribution is -2.46. The van der Waals surface area contributed by atoms with Gasteiger partial charge in [0.15, 0.2) is 0 Å². The van der Waals surface area contributed by atoms with Crippen molar-refractivity contribution in [3.05, 3.63) is 65.7 Å². The van der Waals surface area contributed by atoms with E-state index in [1.807, 2.05) is 47.4 Å². The molecule has 4 rings (SSSR count). The molecule has 2 saturated heterocycles. The molecule has 37 heavy (non-hydrogen) atoms. The van der Waals surface area contributed by atoms with Gasteiger partial charge in [0.1, 0.15) is 5.75 Å². The first kappa shape index (κ1) is 26.7. The van der Waals surface area contributed by atoms with Gasteiger partial charge in [-0.1, -0.05) is 42.5 Å². The molecule has 0 unspecified atom stereocenters. The van der Waals surface area contributed by atoms with E-state index in [4.69, 9.17) is 9.47 Å². The average molecular weight is 508 g/mol. The Labute approximate surface area is 219 Å². The number of hydrogen-bond acceptors (Lipinski definition) is 5. The third-order valence-electron chi connectivity index (χ3n) is 7.26. The number of rotatable bonds is 8. The van der Waals surface area contributed by atoms with Crippen LogP contribution in [0, 0.1) is 5.92 Å². The highest BCUT2D eigenvalue weighted by Gasteiger charge is 2.35. The van der Waals surface area contributed by atoms with Crippen LogP contribution in [0.2, 0.25) is 0 Å². The van der Waals surface area contributed by atoms with Crippen molar-refractivity contribution in [1.29, 1.82) is 0 Å². The molecule has 1 atom stereocenters. The van der Waals surface area contributed by atoms with E-state index in [1.165, 1.54) is 5.56 Å². The number of piperidine rings is 1. The molecule has 198 valence electrons. The van der Waals surface area contributed by atoms with Gasteiger partial charge in [-0.3, -0.25) is 14.4 Å². The molecule has 0 N–H and O–H groups in total. The van der Waals surface area contributed by atoms with Gasteiger partial charge >= 0.3 is 0 Å². The van der Waals surface area contributed by atoms with Crippen molar-refractivity contribution in [2.45, 2.75) is 38.9 Å². The van der Waals surface area contributed by atoms with Crippen LogP contribution in [0.4, 0.5) is 0 Å². The summed E-state index contributed by atoms with van der Waals surface area (Å²) in [4.78, 5) is 43.8. The molecule has 0 aromatic heterocycles. The first-order valence-corrected chi connectivity index (χ1v) is 13.0. The smallest absolute Gasteiger partial charge is 0.242 e. The molecule has 0 saturated carbocycles. The zero-order valence-electron chi connectivity index (χ0n) is 21.8. The summed E-state index contributed by atoms with van der Waals surface area (Å²) in [5, 5.41) is 0. The summed E-state index contributed by atoms with van der Waals surface area (Å²) >= 11 is 0. The van der Waals surface area contributed by atoms with Crippen LogP contribution in [0.5, 0.6) is 5.75 Å². The van der Waals surface area contributed by atoms with Gasteiger partial charge in [-0.25, -0.2) is 0 Å². The standard InChI is InChI=1S/C29H37N3O5/c1-22(33)30-15-12-25(13-16-30)29(35)32-19-27(37-21-24-9-6-10-26(17-24)36-2)18-31(28(34)20-32)14-11-23-7-4-3-5-8-23/h3-10,17,25,27H,11-16,18-21H2,1-2H3/t27-/m1/s1. The Morgan fingerprint density at radius 1 is 0.946 bits per heavy atom. The van der Waals surface area contributed by atoms with Gasteiger partial charge in [0.2, 0.25) is 17.7 Å². The summed E-state index contributed by atoms with van der Waals surface area (Å²) < 4.78 is 11.6. The van der Waals surface area contributed by atoms with Crippen molar-refractivity contribution in [3.63, 3.8) is 0 Å². The van der Waals surface area contributed by atoms with Crippen molar-refractivity contribution < 1.29 is 23.9 Å². The van der Waals surface area contributed by atoms with E-state index in [-0.39, 0.29) is 36.3 Å². The Morgan fingerprint density at radius 3 is 2.38 bits per heavy atom. The Bertz CT molecular complexity index is 1070. The quantitative estimate of drug-likeness (QED) is 0.549. The molecule has 0 spiro atoms. The van der Waals surface area contributed by atoms with Gasteiger partial charge in [0.05, 0.1) is 26.4 Å². The molecule has 2 fully saturated rings. The van der Waals surface area contributed by atoms with Gasteiger partial charge in [-0.15, -0.1) is 0 Å². The predicted molar refractivity (Wildman–Crippen MR) is 140 cm³/mol. The SMILES string of the molecule is COc1cccc(CO[C@@H]2CN(CCc3ccccc3)C(=O)CN(C(=O)C3CCN(C(C)=O)CC3)C2)c1. The zero-order valence-corrected chi connectivity index (χ0v) is 21.8. The average Bonchev–Trinajstić information content (AvgIpc) is 3.09. The maximum Gasteiger partial charge on any atom is 0.242 e. The van der Waals surface area contributed by atoms with Crippen LogP contribution in [0.1, 0.15) is 30.9 Å². The highest BCUT2D eigenvalue weighted by molar-refractivity contribution is 5.86. The number of nitrogens with zero attached hydrogens (tertiary/aromatic N) is 3.